The van der Waals surface area contributed by atoms with Gasteiger partial charge in [0.1, 0.15) is 10.7 Å². The minimum atomic E-state index is -4.24. The van der Waals surface area contributed by atoms with Crippen molar-refractivity contribution in [2.75, 3.05) is 24.5 Å². The Kier molecular flexibility index (Phi) is 7.07. The zero-order chi connectivity index (χ0) is 26.0. The summed E-state index contributed by atoms with van der Waals surface area (Å²) in [5.41, 5.74) is 1.43. The molecule has 36 heavy (non-hydrogen) atoms. The van der Waals surface area contributed by atoms with Gasteiger partial charge in [0, 0.05) is 48.6 Å². The molecular weight excluding hydrogens is 485 g/mol. The van der Waals surface area contributed by atoms with Crippen LogP contribution in [0.25, 0.3) is 0 Å². The minimum absolute atomic E-state index is 0.0138. The maximum Gasteiger partial charge on any atom is 0.288 e. The number of nitro benzene ring substituents is 1. The van der Waals surface area contributed by atoms with Crippen LogP contribution in [0.15, 0.2) is 71.6 Å². The number of piperazine rings is 1. The number of benzene rings is 3. The van der Waals surface area contributed by atoms with E-state index in [1.54, 1.807) is 4.90 Å². The van der Waals surface area contributed by atoms with Crippen LogP contribution in [0.5, 0.6) is 0 Å². The molecule has 1 aliphatic heterocycles. The van der Waals surface area contributed by atoms with E-state index < -0.39 is 42.8 Å². The second-order valence-electron chi connectivity index (χ2n) is 8.92. The van der Waals surface area contributed by atoms with Crippen LogP contribution in [0, 0.1) is 22.9 Å². The summed E-state index contributed by atoms with van der Waals surface area (Å²) in [5.74, 6) is -1.85. The molecule has 3 aromatic rings. The van der Waals surface area contributed by atoms with Crippen LogP contribution < -0.4 is 4.90 Å². The largest absolute Gasteiger partial charge is 0.365 e. The fraction of sp³-hybridized carbons (Fsp3) is 0.269. The fourth-order valence-electron chi connectivity index (χ4n) is 4.47. The van der Waals surface area contributed by atoms with E-state index in [4.69, 9.17) is 0 Å². The fourth-order valence-corrected chi connectivity index (χ4v) is 6.00. The molecule has 1 saturated heterocycles. The first-order valence-electron chi connectivity index (χ1n) is 11.4. The zero-order valence-electron chi connectivity index (χ0n) is 19.9. The highest BCUT2D eigenvalue weighted by molar-refractivity contribution is 7.90. The van der Waals surface area contributed by atoms with Gasteiger partial charge in [-0.2, -0.15) is 0 Å². The molecule has 1 aliphatic rings. The van der Waals surface area contributed by atoms with Crippen LogP contribution in [0.1, 0.15) is 28.4 Å². The molecule has 1 amide bonds. The van der Waals surface area contributed by atoms with Crippen LogP contribution in [0.2, 0.25) is 0 Å². The Morgan fingerprint density at radius 2 is 1.83 bits per heavy atom. The highest BCUT2D eigenvalue weighted by Gasteiger charge is 2.31. The molecule has 0 bridgehead atoms. The molecule has 8 nitrogen and oxygen atoms in total. The Morgan fingerprint density at radius 1 is 1.08 bits per heavy atom. The maximum atomic E-state index is 14.0. The number of hydrogen-bond acceptors (Lipinski definition) is 6. The molecular formula is C26H26FN3O5S. The standard InChI is InChI=1S/C26H26FN3O5S/c1-18-6-5-8-22(14-18)29-13-12-28(16-19(29)2)26(31)20-10-11-25(24(15-20)30(32)33)36(34,35)17-21-7-3-4-9-23(21)27/h3-11,14-15,19H,12-13,16-17H2,1-2H3. The molecule has 0 saturated carbocycles. The van der Waals surface area contributed by atoms with Crippen molar-refractivity contribution in [3.63, 3.8) is 0 Å². The molecule has 1 unspecified atom stereocenters. The summed E-state index contributed by atoms with van der Waals surface area (Å²) in [6.07, 6.45) is 0. The monoisotopic (exact) mass is 511 g/mol. The number of aryl methyl sites for hydroxylation is 1. The summed E-state index contributed by atoms with van der Waals surface area (Å²) in [4.78, 5) is 27.4. The summed E-state index contributed by atoms with van der Waals surface area (Å²) in [5, 5.41) is 11.8. The lowest BCUT2D eigenvalue weighted by atomic mass is 10.1. The Balaban J connectivity index is 1.56. The second-order valence-corrected chi connectivity index (χ2v) is 10.9. The van der Waals surface area contributed by atoms with Gasteiger partial charge in [-0.15, -0.1) is 0 Å². The first-order chi connectivity index (χ1) is 17.1. The van der Waals surface area contributed by atoms with Crippen molar-refractivity contribution in [3.8, 4) is 0 Å². The predicted molar refractivity (Wildman–Crippen MR) is 134 cm³/mol. The molecule has 188 valence electrons. The van der Waals surface area contributed by atoms with Crippen molar-refractivity contribution in [2.24, 2.45) is 0 Å². The van der Waals surface area contributed by atoms with Gasteiger partial charge in [0.15, 0.2) is 9.84 Å². The molecule has 1 atom stereocenters. The number of rotatable bonds is 6. The van der Waals surface area contributed by atoms with Gasteiger partial charge in [-0.05, 0) is 49.7 Å². The molecule has 3 aromatic carbocycles. The van der Waals surface area contributed by atoms with E-state index >= 15 is 0 Å². The van der Waals surface area contributed by atoms with Crippen LogP contribution >= 0.6 is 0 Å². The lowest BCUT2D eigenvalue weighted by Crippen LogP contribution is -2.53. The normalized spacial score (nSPS) is 16.1. The number of nitrogens with zero attached hydrogens (tertiary/aromatic N) is 3. The molecule has 0 N–H and O–H groups in total. The minimum Gasteiger partial charge on any atom is -0.365 e. The molecule has 1 heterocycles. The van der Waals surface area contributed by atoms with Gasteiger partial charge < -0.3 is 9.80 Å². The van der Waals surface area contributed by atoms with E-state index in [0.29, 0.717) is 19.6 Å². The molecule has 0 aromatic heterocycles. The topological polar surface area (TPSA) is 101 Å². The average molecular weight is 512 g/mol. The number of anilines is 1. The van der Waals surface area contributed by atoms with Crippen LogP contribution in [-0.2, 0) is 15.6 Å². The molecule has 1 fully saturated rings. The van der Waals surface area contributed by atoms with Gasteiger partial charge in [0.25, 0.3) is 11.6 Å². The lowest BCUT2D eigenvalue weighted by molar-refractivity contribution is -0.387. The van der Waals surface area contributed by atoms with Gasteiger partial charge in [0.05, 0.1) is 10.7 Å². The Morgan fingerprint density at radius 3 is 2.50 bits per heavy atom. The summed E-state index contributed by atoms with van der Waals surface area (Å²) in [6, 6.07) is 16.8. The number of amides is 1. The van der Waals surface area contributed by atoms with E-state index in [1.165, 1.54) is 24.3 Å². The highest BCUT2D eigenvalue weighted by atomic mass is 32.2. The predicted octanol–water partition coefficient (Wildman–Crippen LogP) is 4.37. The Hall–Kier alpha value is -3.79. The van der Waals surface area contributed by atoms with Crippen molar-refractivity contribution >= 4 is 27.1 Å². The number of carbonyl (C=O) groups excluding carboxylic acids is 1. The third-order valence-corrected chi connectivity index (χ3v) is 8.00. The van der Waals surface area contributed by atoms with Gasteiger partial charge in [0.2, 0.25) is 0 Å². The highest BCUT2D eigenvalue weighted by Crippen LogP contribution is 2.30. The molecule has 4 rings (SSSR count). The number of sulfone groups is 1. The van der Waals surface area contributed by atoms with E-state index in [1.807, 2.05) is 32.0 Å². The van der Waals surface area contributed by atoms with Gasteiger partial charge >= 0.3 is 0 Å². The van der Waals surface area contributed by atoms with E-state index in [9.17, 15) is 27.7 Å². The van der Waals surface area contributed by atoms with Crippen molar-refractivity contribution in [1.82, 2.24) is 4.90 Å². The quantitative estimate of drug-likeness (QED) is 0.360. The zero-order valence-corrected chi connectivity index (χ0v) is 20.7. The van der Waals surface area contributed by atoms with Crippen molar-refractivity contribution in [1.29, 1.82) is 0 Å². The van der Waals surface area contributed by atoms with Crippen LogP contribution in [0.4, 0.5) is 15.8 Å². The van der Waals surface area contributed by atoms with Gasteiger partial charge in [-0.3, -0.25) is 14.9 Å². The maximum absolute atomic E-state index is 14.0. The summed E-state index contributed by atoms with van der Waals surface area (Å²) >= 11 is 0. The number of halogens is 1. The number of hydrogen-bond donors (Lipinski definition) is 0. The van der Waals surface area contributed by atoms with E-state index in [2.05, 4.69) is 11.0 Å². The summed E-state index contributed by atoms with van der Waals surface area (Å²) in [7, 11) is -4.24. The molecule has 0 aliphatic carbocycles. The second kappa shape index (κ2) is 10.1. The van der Waals surface area contributed by atoms with Crippen LogP contribution in [-0.4, -0.2) is 49.8 Å². The third-order valence-electron chi connectivity index (χ3n) is 6.29. The summed E-state index contributed by atoms with van der Waals surface area (Å²) < 4.78 is 39.9. The first kappa shape index (κ1) is 25.3. The van der Waals surface area contributed by atoms with Gasteiger partial charge in [-0.1, -0.05) is 30.3 Å². The van der Waals surface area contributed by atoms with Gasteiger partial charge in [-0.25, -0.2) is 12.8 Å². The van der Waals surface area contributed by atoms with Crippen molar-refractivity contribution in [2.45, 2.75) is 30.5 Å². The average Bonchev–Trinajstić information content (AvgIpc) is 2.84. The van der Waals surface area contributed by atoms with E-state index in [-0.39, 0.29) is 17.2 Å². The lowest BCUT2D eigenvalue weighted by Gasteiger charge is -2.41. The SMILES string of the molecule is Cc1cccc(N2CCN(C(=O)c3ccc(S(=O)(=O)Cc4ccccc4F)c([N+](=O)[O-])c3)CC2C)c1. The summed E-state index contributed by atoms with van der Waals surface area (Å²) in [6.45, 7) is 5.43. The third kappa shape index (κ3) is 5.23. The van der Waals surface area contributed by atoms with Crippen molar-refractivity contribution in [3.05, 3.63) is 99.4 Å². The molecule has 10 heteroatoms. The molecule has 0 radical (unpaired) electrons. The number of carbonyl (C=O) groups is 1. The van der Waals surface area contributed by atoms with Crippen LogP contribution in [0.3, 0.4) is 0 Å². The smallest absolute Gasteiger partial charge is 0.288 e. The number of nitro groups is 1. The Labute approximate surface area is 209 Å². The molecule has 0 spiro atoms. The van der Waals surface area contributed by atoms with E-state index in [0.717, 1.165) is 29.4 Å². The first-order valence-corrected chi connectivity index (χ1v) is 13.1. The van der Waals surface area contributed by atoms with Crippen molar-refractivity contribution < 1.29 is 22.5 Å². The Bertz CT molecular complexity index is 1430.